The van der Waals surface area contributed by atoms with E-state index in [1.165, 1.54) is 12.1 Å². The van der Waals surface area contributed by atoms with Crippen molar-refractivity contribution in [1.29, 1.82) is 0 Å². The van der Waals surface area contributed by atoms with E-state index in [1.54, 1.807) is 6.07 Å². The molecule has 4 nitrogen and oxygen atoms in total. The Labute approximate surface area is 170 Å². The molecule has 156 valence electrons. The summed E-state index contributed by atoms with van der Waals surface area (Å²) in [5, 5.41) is 12.5. The number of nitrogens with zero attached hydrogens (tertiary/aromatic N) is 4. The smallest absolute Gasteiger partial charge is 0.228 e. The van der Waals surface area contributed by atoms with Crippen LogP contribution >= 0.6 is 0 Å². The maximum Gasteiger partial charge on any atom is 0.434 e. The maximum absolute atomic E-state index is 14.0. The molecule has 0 aliphatic heterocycles. The van der Waals surface area contributed by atoms with Crippen LogP contribution < -0.4 is 0 Å². The van der Waals surface area contributed by atoms with Crippen LogP contribution in [0.4, 0.5) is 17.6 Å². The Kier molecular flexibility index (Phi) is 3.77. The molecule has 5 rings (SSSR count). The molecular weight excluding hydrogens is 396 g/mol. The summed E-state index contributed by atoms with van der Waals surface area (Å²) >= 11 is 0. The number of hydrogen-bond donors (Lipinski definition) is 0. The summed E-state index contributed by atoms with van der Waals surface area (Å²) in [6.45, 7) is 6.56. The van der Waals surface area contributed by atoms with Gasteiger partial charge in [-0.2, -0.15) is 28.5 Å². The summed E-state index contributed by atoms with van der Waals surface area (Å²) in [7, 11) is 0. The van der Waals surface area contributed by atoms with E-state index in [2.05, 4.69) is 36.1 Å². The molecule has 0 spiro atoms. The van der Waals surface area contributed by atoms with E-state index >= 15 is 0 Å². The van der Waals surface area contributed by atoms with Crippen molar-refractivity contribution in [3.05, 3.63) is 59.3 Å². The third kappa shape index (κ3) is 2.42. The average molecular weight is 416 g/mol. The monoisotopic (exact) mass is 416 g/mol. The van der Waals surface area contributed by atoms with Gasteiger partial charge in [0.25, 0.3) is 0 Å². The lowest BCUT2D eigenvalue weighted by atomic mass is 9.70. The Morgan fingerprint density at radius 1 is 1.07 bits per heavy atom. The fourth-order valence-corrected chi connectivity index (χ4v) is 5.29. The lowest BCUT2D eigenvalue weighted by molar-refractivity contribution is -0.142. The summed E-state index contributed by atoms with van der Waals surface area (Å²) < 4.78 is 56.1. The number of benzene rings is 1. The van der Waals surface area contributed by atoms with Crippen LogP contribution in [0, 0.1) is 11.2 Å². The minimum absolute atomic E-state index is 0.0201. The van der Waals surface area contributed by atoms with E-state index in [-0.39, 0.29) is 33.7 Å². The van der Waals surface area contributed by atoms with Gasteiger partial charge < -0.3 is 0 Å². The predicted octanol–water partition coefficient (Wildman–Crippen LogP) is 5.66. The highest BCUT2D eigenvalue weighted by Gasteiger charge is 2.60. The SMILES string of the molecule is CC1(C)[C@H]2CC[C@]1(C)c1nnc(-c3cnn(-c4ccc(F)cc4)c3C(F)(F)F)cc12. The molecule has 0 radical (unpaired) electrons. The third-order valence-corrected chi connectivity index (χ3v) is 7.33. The number of alkyl halides is 3. The van der Waals surface area contributed by atoms with Crippen molar-refractivity contribution in [1.82, 2.24) is 20.0 Å². The van der Waals surface area contributed by atoms with Crippen molar-refractivity contribution in [2.24, 2.45) is 5.41 Å². The predicted molar refractivity (Wildman–Crippen MR) is 103 cm³/mol. The van der Waals surface area contributed by atoms with Crippen molar-refractivity contribution in [3.8, 4) is 16.9 Å². The quantitative estimate of drug-likeness (QED) is 0.506. The molecule has 0 saturated heterocycles. The number of fused-ring (bicyclic) bond motifs is 5. The number of aromatic nitrogens is 4. The fraction of sp³-hybridized carbons (Fsp3) is 0.409. The van der Waals surface area contributed by atoms with Gasteiger partial charge in [-0.3, -0.25) is 0 Å². The summed E-state index contributed by atoms with van der Waals surface area (Å²) in [5.41, 5.74) is 0.939. The number of rotatable bonds is 2. The molecule has 0 N–H and O–H groups in total. The summed E-state index contributed by atoms with van der Waals surface area (Å²) in [5.74, 6) is -0.288. The van der Waals surface area contributed by atoms with Crippen molar-refractivity contribution >= 4 is 0 Å². The van der Waals surface area contributed by atoms with Crippen LogP contribution in [-0.4, -0.2) is 20.0 Å². The van der Waals surface area contributed by atoms with Gasteiger partial charge in [0, 0.05) is 5.41 Å². The van der Waals surface area contributed by atoms with E-state index in [1.807, 2.05) is 0 Å². The Morgan fingerprint density at radius 3 is 2.43 bits per heavy atom. The molecule has 3 aromatic rings. The van der Waals surface area contributed by atoms with Gasteiger partial charge in [0.05, 0.1) is 28.8 Å². The normalized spacial score (nSPS) is 24.3. The van der Waals surface area contributed by atoms with E-state index in [0.717, 1.165) is 47.1 Å². The second-order valence-corrected chi connectivity index (χ2v) is 8.97. The van der Waals surface area contributed by atoms with E-state index in [0.29, 0.717) is 0 Å². The van der Waals surface area contributed by atoms with Crippen LogP contribution in [0.15, 0.2) is 36.5 Å². The van der Waals surface area contributed by atoms with E-state index < -0.39 is 17.7 Å². The van der Waals surface area contributed by atoms with Gasteiger partial charge in [-0.15, -0.1) is 0 Å². The molecule has 0 unspecified atom stereocenters. The van der Waals surface area contributed by atoms with Gasteiger partial charge in [-0.1, -0.05) is 20.8 Å². The molecule has 8 heteroatoms. The fourth-order valence-electron chi connectivity index (χ4n) is 5.29. The van der Waals surface area contributed by atoms with E-state index in [4.69, 9.17) is 0 Å². The molecule has 1 fully saturated rings. The van der Waals surface area contributed by atoms with Crippen LogP contribution in [-0.2, 0) is 11.6 Å². The lowest BCUT2D eigenvalue weighted by Crippen LogP contribution is -2.32. The standard InChI is InChI=1S/C22H20F4N4/c1-20(2)16-8-9-21(20,3)18-14(16)10-17(28-29-18)15-11-27-30(19(15)22(24,25)26)13-6-4-12(23)5-7-13/h4-7,10-11,16H,8-9H2,1-3H3/t16-,21+/m0/s1. The second kappa shape index (κ2) is 5.89. The topological polar surface area (TPSA) is 43.6 Å². The highest BCUT2D eigenvalue weighted by molar-refractivity contribution is 5.65. The molecular formula is C22H20F4N4. The van der Waals surface area contributed by atoms with Gasteiger partial charge in [0.2, 0.25) is 0 Å². The average Bonchev–Trinajstić information content (AvgIpc) is 3.27. The first kappa shape index (κ1) is 19.2. The van der Waals surface area contributed by atoms with Gasteiger partial charge >= 0.3 is 6.18 Å². The minimum atomic E-state index is -4.68. The first-order valence-corrected chi connectivity index (χ1v) is 9.84. The van der Waals surface area contributed by atoms with Crippen LogP contribution in [0.5, 0.6) is 0 Å². The van der Waals surface area contributed by atoms with Crippen LogP contribution in [0.1, 0.15) is 56.5 Å². The third-order valence-electron chi connectivity index (χ3n) is 7.33. The zero-order valence-corrected chi connectivity index (χ0v) is 16.8. The molecule has 0 amide bonds. The molecule has 2 aliphatic carbocycles. The molecule has 2 heterocycles. The molecule has 1 aromatic carbocycles. The highest BCUT2D eigenvalue weighted by atomic mass is 19.4. The maximum atomic E-state index is 14.0. The second-order valence-electron chi connectivity index (χ2n) is 8.97. The Hall–Kier alpha value is -2.77. The highest BCUT2D eigenvalue weighted by Crippen LogP contribution is 2.67. The number of hydrogen-bond acceptors (Lipinski definition) is 3. The summed E-state index contributed by atoms with van der Waals surface area (Å²) in [6, 6.07) is 6.48. The first-order chi connectivity index (χ1) is 14.0. The minimum Gasteiger partial charge on any atom is -0.228 e. The van der Waals surface area contributed by atoms with Crippen molar-refractivity contribution < 1.29 is 17.6 Å². The Morgan fingerprint density at radius 2 is 1.77 bits per heavy atom. The molecule has 2 bridgehead atoms. The zero-order chi connectivity index (χ0) is 21.5. The largest absolute Gasteiger partial charge is 0.434 e. The van der Waals surface area contributed by atoms with Gasteiger partial charge in [0.1, 0.15) is 5.82 Å². The van der Waals surface area contributed by atoms with Crippen LogP contribution in [0.25, 0.3) is 16.9 Å². The lowest BCUT2D eigenvalue weighted by Gasteiger charge is -2.33. The molecule has 2 aromatic heterocycles. The van der Waals surface area contributed by atoms with E-state index in [9.17, 15) is 17.6 Å². The molecule has 30 heavy (non-hydrogen) atoms. The van der Waals surface area contributed by atoms with Crippen LogP contribution in [0.2, 0.25) is 0 Å². The van der Waals surface area contributed by atoms with Gasteiger partial charge in [-0.25, -0.2) is 9.07 Å². The first-order valence-electron chi connectivity index (χ1n) is 9.84. The summed E-state index contributed by atoms with van der Waals surface area (Å²) in [6.07, 6.45) is -1.53. The van der Waals surface area contributed by atoms with Crippen molar-refractivity contribution in [3.63, 3.8) is 0 Å². The Bertz CT molecular complexity index is 1150. The van der Waals surface area contributed by atoms with Crippen molar-refractivity contribution in [2.45, 2.75) is 51.1 Å². The summed E-state index contributed by atoms with van der Waals surface area (Å²) in [4.78, 5) is 0. The molecule has 2 atom stereocenters. The van der Waals surface area contributed by atoms with Gasteiger partial charge in [-0.05, 0) is 60.1 Å². The van der Waals surface area contributed by atoms with Gasteiger partial charge in [0.15, 0.2) is 5.69 Å². The molecule has 2 aliphatic rings. The molecule has 1 saturated carbocycles. The number of halogens is 4. The van der Waals surface area contributed by atoms with Crippen molar-refractivity contribution in [2.75, 3.05) is 0 Å². The van der Waals surface area contributed by atoms with Crippen LogP contribution in [0.3, 0.4) is 0 Å². The zero-order valence-electron chi connectivity index (χ0n) is 16.8. The Balaban J connectivity index is 1.67.